The molecule has 0 saturated carbocycles. The van der Waals surface area contributed by atoms with E-state index in [1.807, 2.05) is 0 Å². The second kappa shape index (κ2) is 6.62. The Morgan fingerprint density at radius 1 is 1.29 bits per heavy atom. The fraction of sp³-hybridized carbons (Fsp3) is 0.857. The number of carbonyl (C=O) groups excluding carboxylic acids is 1. The van der Waals surface area contributed by atoms with Gasteiger partial charge in [-0.25, -0.2) is 4.79 Å². The Morgan fingerprint density at radius 2 is 2.05 bits per heavy atom. The molecule has 0 spiro atoms. The fourth-order valence-electron chi connectivity index (χ4n) is 3.11. The summed E-state index contributed by atoms with van der Waals surface area (Å²) in [5.41, 5.74) is -1.42. The summed E-state index contributed by atoms with van der Waals surface area (Å²) in [6.07, 6.45) is 3.19. The van der Waals surface area contributed by atoms with Crippen LogP contribution >= 0.6 is 0 Å². The van der Waals surface area contributed by atoms with Crippen LogP contribution in [0.5, 0.6) is 0 Å². The average Bonchev–Trinajstić information content (AvgIpc) is 2.43. The third kappa shape index (κ3) is 4.57. The van der Waals surface area contributed by atoms with Crippen molar-refractivity contribution in [2.75, 3.05) is 32.7 Å². The summed E-state index contributed by atoms with van der Waals surface area (Å²) < 4.78 is 0. The van der Waals surface area contributed by atoms with Gasteiger partial charge in [-0.3, -0.25) is 9.69 Å². The van der Waals surface area contributed by atoms with Gasteiger partial charge in [0, 0.05) is 32.2 Å². The highest BCUT2D eigenvalue weighted by Gasteiger charge is 2.32. The lowest BCUT2D eigenvalue weighted by Crippen LogP contribution is -2.58. The molecule has 0 aromatic heterocycles. The molecule has 7 heteroatoms. The van der Waals surface area contributed by atoms with Crippen molar-refractivity contribution in [2.45, 2.75) is 44.2 Å². The van der Waals surface area contributed by atoms with Crippen molar-refractivity contribution in [1.82, 2.24) is 15.1 Å². The highest BCUT2D eigenvalue weighted by atomic mass is 16.4. The molecule has 2 aliphatic heterocycles. The van der Waals surface area contributed by atoms with Gasteiger partial charge in [-0.15, -0.1) is 0 Å². The minimum atomic E-state index is -1.42. The SMILES string of the molecule is CC(O)(CNC(=O)N1CCN2CCCCC2C1)CC(=O)O. The summed E-state index contributed by atoms with van der Waals surface area (Å²) in [5, 5.41) is 21.2. The van der Waals surface area contributed by atoms with Crippen LogP contribution in [0.3, 0.4) is 0 Å². The van der Waals surface area contributed by atoms with Crippen molar-refractivity contribution in [1.29, 1.82) is 0 Å². The molecule has 0 aromatic rings. The first-order valence-corrected chi connectivity index (χ1v) is 7.58. The molecular weight excluding hydrogens is 274 g/mol. The first kappa shape index (κ1) is 16.0. The summed E-state index contributed by atoms with van der Waals surface area (Å²) in [6.45, 7) is 4.77. The molecule has 2 unspecified atom stereocenters. The van der Waals surface area contributed by atoms with Crippen LogP contribution in [0.1, 0.15) is 32.6 Å². The van der Waals surface area contributed by atoms with Crippen molar-refractivity contribution in [3.05, 3.63) is 0 Å². The number of rotatable bonds is 4. The molecule has 2 heterocycles. The van der Waals surface area contributed by atoms with E-state index in [0.29, 0.717) is 19.1 Å². The molecule has 0 aromatic carbocycles. The van der Waals surface area contributed by atoms with Gasteiger partial charge in [0.15, 0.2) is 0 Å². The van der Waals surface area contributed by atoms with Gasteiger partial charge in [-0.1, -0.05) is 6.42 Å². The van der Waals surface area contributed by atoms with Crippen LogP contribution in [0.2, 0.25) is 0 Å². The number of urea groups is 1. The first-order valence-electron chi connectivity index (χ1n) is 7.58. The minimum absolute atomic E-state index is 0.0526. The number of hydrogen-bond acceptors (Lipinski definition) is 4. The van der Waals surface area contributed by atoms with Gasteiger partial charge in [-0.2, -0.15) is 0 Å². The molecule has 2 atom stereocenters. The Kier molecular flexibility index (Phi) is 5.05. The predicted octanol–water partition coefficient (Wildman–Crippen LogP) is 0.0918. The fourth-order valence-corrected chi connectivity index (χ4v) is 3.11. The van der Waals surface area contributed by atoms with E-state index in [4.69, 9.17) is 5.11 Å². The summed E-state index contributed by atoms with van der Waals surface area (Å²) in [5.74, 6) is -1.08. The maximum Gasteiger partial charge on any atom is 0.317 e. The molecule has 0 bridgehead atoms. The highest BCUT2D eigenvalue weighted by Crippen LogP contribution is 2.21. The summed E-state index contributed by atoms with van der Waals surface area (Å²) in [6, 6.07) is 0.226. The molecule has 3 N–H and O–H groups in total. The van der Waals surface area contributed by atoms with Crippen LogP contribution in [0, 0.1) is 0 Å². The van der Waals surface area contributed by atoms with Crippen LogP contribution in [-0.4, -0.2) is 76.4 Å². The second-order valence-corrected chi connectivity index (χ2v) is 6.36. The van der Waals surface area contributed by atoms with Gasteiger partial charge in [0.05, 0.1) is 12.0 Å². The van der Waals surface area contributed by atoms with Gasteiger partial charge in [-0.05, 0) is 26.3 Å². The van der Waals surface area contributed by atoms with E-state index >= 15 is 0 Å². The van der Waals surface area contributed by atoms with Crippen LogP contribution in [0.4, 0.5) is 4.79 Å². The van der Waals surface area contributed by atoms with Gasteiger partial charge >= 0.3 is 12.0 Å². The predicted molar refractivity (Wildman–Crippen MR) is 77.1 cm³/mol. The number of aliphatic carboxylic acids is 1. The topological polar surface area (TPSA) is 93.1 Å². The van der Waals surface area contributed by atoms with Crippen molar-refractivity contribution in [3.8, 4) is 0 Å². The van der Waals surface area contributed by atoms with Gasteiger partial charge in [0.25, 0.3) is 0 Å². The Morgan fingerprint density at radius 3 is 2.76 bits per heavy atom. The zero-order valence-electron chi connectivity index (χ0n) is 12.5. The van der Waals surface area contributed by atoms with E-state index in [9.17, 15) is 14.7 Å². The molecule has 0 radical (unpaired) electrons. The first-order chi connectivity index (χ1) is 9.87. The monoisotopic (exact) mass is 299 g/mol. The lowest BCUT2D eigenvalue weighted by atomic mass is 9.99. The number of nitrogens with zero attached hydrogens (tertiary/aromatic N) is 2. The van der Waals surface area contributed by atoms with Crippen LogP contribution in [-0.2, 0) is 4.79 Å². The number of piperidine rings is 1. The molecule has 21 heavy (non-hydrogen) atoms. The Labute approximate surface area is 124 Å². The van der Waals surface area contributed by atoms with E-state index in [1.54, 1.807) is 4.90 Å². The Hall–Kier alpha value is -1.34. The van der Waals surface area contributed by atoms with Crippen molar-refractivity contribution in [2.24, 2.45) is 0 Å². The second-order valence-electron chi connectivity index (χ2n) is 6.36. The van der Waals surface area contributed by atoms with E-state index in [0.717, 1.165) is 19.5 Å². The minimum Gasteiger partial charge on any atom is -0.481 e. The largest absolute Gasteiger partial charge is 0.481 e. The van der Waals surface area contributed by atoms with Crippen LogP contribution in [0.15, 0.2) is 0 Å². The summed E-state index contributed by atoms with van der Waals surface area (Å²) in [4.78, 5) is 27.0. The standard InChI is InChI=1S/C14H25N3O4/c1-14(21,8-12(18)19)10-15-13(20)17-7-6-16-5-3-2-4-11(16)9-17/h11,21H,2-10H2,1H3,(H,15,20)(H,18,19). The van der Waals surface area contributed by atoms with Gasteiger partial charge in [0.1, 0.15) is 0 Å². The number of nitrogens with one attached hydrogen (secondary N) is 1. The summed E-state index contributed by atoms with van der Waals surface area (Å²) >= 11 is 0. The molecule has 0 aliphatic carbocycles. The van der Waals surface area contributed by atoms with E-state index < -0.39 is 11.6 Å². The maximum atomic E-state index is 12.1. The van der Waals surface area contributed by atoms with Gasteiger partial charge in [0.2, 0.25) is 0 Å². The van der Waals surface area contributed by atoms with Crippen molar-refractivity contribution in [3.63, 3.8) is 0 Å². The summed E-state index contributed by atoms with van der Waals surface area (Å²) in [7, 11) is 0. The number of amides is 2. The molecule has 7 nitrogen and oxygen atoms in total. The number of carboxylic acids is 1. The van der Waals surface area contributed by atoms with Crippen molar-refractivity contribution < 1.29 is 19.8 Å². The van der Waals surface area contributed by atoms with Crippen LogP contribution < -0.4 is 5.32 Å². The number of piperazine rings is 1. The number of carboxylic acid groups (broad SMARTS) is 1. The molecule has 2 aliphatic rings. The smallest absolute Gasteiger partial charge is 0.317 e. The molecule has 2 amide bonds. The number of hydrogen-bond donors (Lipinski definition) is 3. The molecule has 2 rings (SSSR count). The van der Waals surface area contributed by atoms with Crippen molar-refractivity contribution >= 4 is 12.0 Å². The zero-order valence-corrected chi connectivity index (χ0v) is 12.5. The highest BCUT2D eigenvalue weighted by molar-refractivity contribution is 5.74. The molecule has 2 saturated heterocycles. The third-order valence-electron chi connectivity index (χ3n) is 4.28. The molecular formula is C14H25N3O4. The Bertz CT molecular complexity index is 400. The number of carbonyl (C=O) groups is 2. The zero-order chi connectivity index (χ0) is 15.5. The van der Waals surface area contributed by atoms with E-state index in [1.165, 1.54) is 19.8 Å². The lowest BCUT2D eigenvalue weighted by molar-refractivity contribution is -0.141. The van der Waals surface area contributed by atoms with E-state index in [2.05, 4.69) is 10.2 Å². The third-order valence-corrected chi connectivity index (χ3v) is 4.28. The lowest BCUT2D eigenvalue weighted by Gasteiger charge is -2.44. The molecule has 120 valence electrons. The number of aliphatic hydroxyl groups is 1. The average molecular weight is 299 g/mol. The Balaban J connectivity index is 1.79. The van der Waals surface area contributed by atoms with Gasteiger partial charge < -0.3 is 20.4 Å². The normalized spacial score (nSPS) is 25.8. The molecule has 2 fully saturated rings. The number of fused-ring (bicyclic) bond motifs is 1. The van der Waals surface area contributed by atoms with E-state index in [-0.39, 0.29) is 19.0 Å². The van der Waals surface area contributed by atoms with Crippen LogP contribution in [0.25, 0.3) is 0 Å². The quantitative estimate of drug-likeness (QED) is 0.684. The maximum absolute atomic E-state index is 12.1.